The number of pyridine rings is 2. The summed E-state index contributed by atoms with van der Waals surface area (Å²) >= 11 is 0. The zero-order valence-electron chi connectivity index (χ0n) is 20.8. The molecule has 0 unspecified atom stereocenters. The summed E-state index contributed by atoms with van der Waals surface area (Å²) in [6.45, 7) is 7.57. The molecule has 0 amide bonds. The van der Waals surface area contributed by atoms with Gasteiger partial charge < -0.3 is 9.64 Å². The Hall–Kier alpha value is -4.41. The minimum absolute atomic E-state index is 0.306. The van der Waals surface area contributed by atoms with Gasteiger partial charge in [0.2, 0.25) is 0 Å². The van der Waals surface area contributed by atoms with Crippen molar-refractivity contribution in [1.82, 2.24) is 34.2 Å². The number of fused-ring (bicyclic) bond motifs is 1. The van der Waals surface area contributed by atoms with Crippen molar-refractivity contribution in [3.63, 3.8) is 0 Å². The number of nitriles is 2. The molecule has 0 spiro atoms. The molecule has 10 nitrogen and oxygen atoms in total. The molecule has 0 radical (unpaired) electrons. The summed E-state index contributed by atoms with van der Waals surface area (Å²) in [6, 6.07) is 10.7. The molecule has 186 valence electrons. The fourth-order valence-corrected chi connectivity index (χ4v) is 5.42. The van der Waals surface area contributed by atoms with Gasteiger partial charge in [-0.2, -0.15) is 20.7 Å². The van der Waals surface area contributed by atoms with Crippen molar-refractivity contribution in [3.05, 3.63) is 66.0 Å². The molecule has 0 bridgehead atoms. The second-order valence-corrected chi connectivity index (χ2v) is 9.76. The SMILES string of the molecule is Cc1c(-c2cc(O[C@H](C)c3ccccn3)c3c(C#N)cnn3c2)cnn1C1CN([C@H]2CCN(C#N)C2)C1. The zero-order valence-corrected chi connectivity index (χ0v) is 20.8. The average molecular weight is 494 g/mol. The molecule has 2 aliphatic rings. The lowest BCUT2D eigenvalue weighted by Crippen LogP contribution is -2.53. The Balaban J connectivity index is 1.28. The van der Waals surface area contributed by atoms with Gasteiger partial charge in [0.25, 0.3) is 0 Å². The molecule has 0 N–H and O–H groups in total. The number of ether oxygens (including phenoxy) is 1. The Morgan fingerprint density at radius 1 is 1.11 bits per heavy atom. The van der Waals surface area contributed by atoms with E-state index < -0.39 is 0 Å². The van der Waals surface area contributed by atoms with Crippen LogP contribution < -0.4 is 4.74 Å². The summed E-state index contributed by atoms with van der Waals surface area (Å²) < 4.78 is 10.2. The highest BCUT2D eigenvalue weighted by Gasteiger charge is 2.37. The van der Waals surface area contributed by atoms with Gasteiger partial charge in [0.05, 0.1) is 24.1 Å². The number of hydrogen-bond donors (Lipinski definition) is 0. The van der Waals surface area contributed by atoms with Crippen LogP contribution in [0.15, 0.2) is 49.1 Å². The molecule has 0 saturated carbocycles. The maximum atomic E-state index is 9.65. The van der Waals surface area contributed by atoms with Gasteiger partial charge in [-0.05, 0) is 38.5 Å². The maximum absolute atomic E-state index is 9.65. The predicted octanol–water partition coefficient (Wildman–Crippen LogP) is 3.32. The topological polar surface area (TPSA) is 111 Å². The molecule has 2 fully saturated rings. The minimum Gasteiger partial charge on any atom is -0.482 e. The van der Waals surface area contributed by atoms with Gasteiger partial charge in [0.1, 0.15) is 29.0 Å². The van der Waals surface area contributed by atoms with Gasteiger partial charge in [-0.25, -0.2) is 4.52 Å². The molecular weight excluding hydrogens is 466 g/mol. The molecule has 37 heavy (non-hydrogen) atoms. The molecule has 2 atom stereocenters. The summed E-state index contributed by atoms with van der Waals surface area (Å²) in [4.78, 5) is 8.71. The van der Waals surface area contributed by atoms with E-state index in [1.165, 1.54) is 0 Å². The lowest BCUT2D eigenvalue weighted by Gasteiger charge is -2.43. The van der Waals surface area contributed by atoms with Crippen LogP contribution >= 0.6 is 0 Å². The molecule has 10 heteroatoms. The molecule has 4 aromatic rings. The fraction of sp³-hybridized carbons (Fsp3) is 0.370. The quantitative estimate of drug-likeness (QED) is 0.376. The van der Waals surface area contributed by atoms with Gasteiger partial charge in [-0.1, -0.05) is 6.07 Å². The van der Waals surface area contributed by atoms with E-state index >= 15 is 0 Å². The monoisotopic (exact) mass is 493 g/mol. The number of hydrogen-bond acceptors (Lipinski definition) is 8. The first-order valence-electron chi connectivity index (χ1n) is 12.5. The van der Waals surface area contributed by atoms with E-state index in [-0.39, 0.29) is 6.10 Å². The highest BCUT2D eigenvalue weighted by Crippen LogP contribution is 2.35. The predicted molar refractivity (Wildman–Crippen MR) is 135 cm³/mol. The van der Waals surface area contributed by atoms with E-state index in [1.54, 1.807) is 16.9 Å². The highest BCUT2D eigenvalue weighted by atomic mass is 16.5. The lowest BCUT2D eigenvalue weighted by atomic mass is 10.0. The largest absolute Gasteiger partial charge is 0.482 e. The van der Waals surface area contributed by atoms with Crippen LogP contribution in [0.4, 0.5) is 0 Å². The normalized spacial score (nSPS) is 18.9. The minimum atomic E-state index is -0.306. The second-order valence-electron chi connectivity index (χ2n) is 9.76. The molecule has 2 aliphatic heterocycles. The highest BCUT2D eigenvalue weighted by molar-refractivity contribution is 5.76. The summed E-state index contributed by atoms with van der Waals surface area (Å²) in [5.74, 6) is 0.579. The average Bonchev–Trinajstić information content (AvgIpc) is 3.62. The standard InChI is InChI=1S/C27H27N9O/c1-18-24(12-32-36(18)23-15-34(16-23)22-6-8-33(14-22)17-29)20-9-26(27-21(10-28)11-31-35(27)13-20)37-19(2)25-5-3-4-7-30-25/h3-5,7,9,11-13,19,22-23H,6,8,14-16H2,1-2H3/t19-,22+/m1/s1. The Morgan fingerprint density at radius 2 is 1.97 bits per heavy atom. The summed E-state index contributed by atoms with van der Waals surface area (Å²) in [5, 5.41) is 28.0. The van der Waals surface area contributed by atoms with Crippen LogP contribution in [0.2, 0.25) is 0 Å². The van der Waals surface area contributed by atoms with Crippen LogP contribution in [-0.4, -0.2) is 66.4 Å². The van der Waals surface area contributed by atoms with Crippen LogP contribution in [-0.2, 0) is 0 Å². The first kappa shape index (κ1) is 23.0. The summed E-state index contributed by atoms with van der Waals surface area (Å²) in [7, 11) is 0. The van der Waals surface area contributed by atoms with Gasteiger partial charge >= 0.3 is 0 Å². The Bertz CT molecular complexity index is 1520. The smallest absolute Gasteiger partial charge is 0.179 e. The van der Waals surface area contributed by atoms with Crippen LogP contribution in [0.3, 0.4) is 0 Å². The van der Waals surface area contributed by atoms with Crippen molar-refractivity contribution in [2.45, 2.75) is 38.5 Å². The number of aromatic nitrogens is 5. The molecule has 6 rings (SSSR count). The van der Waals surface area contributed by atoms with Crippen molar-refractivity contribution in [2.75, 3.05) is 26.2 Å². The van der Waals surface area contributed by atoms with E-state index in [0.29, 0.717) is 28.9 Å². The van der Waals surface area contributed by atoms with Crippen molar-refractivity contribution < 1.29 is 4.74 Å². The summed E-state index contributed by atoms with van der Waals surface area (Å²) in [6.07, 6.45) is 10.1. The van der Waals surface area contributed by atoms with Crippen LogP contribution in [0.5, 0.6) is 5.75 Å². The molecule has 6 heterocycles. The molecule has 0 aromatic carbocycles. The lowest BCUT2D eigenvalue weighted by molar-refractivity contribution is 0.0568. The van der Waals surface area contributed by atoms with Crippen LogP contribution in [0.25, 0.3) is 16.6 Å². The number of rotatable bonds is 6. The van der Waals surface area contributed by atoms with E-state index in [4.69, 9.17) is 15.1 Å². The van der Waals surface area contributed by atoms with Crippen LogP contribution in [0.1, 0.15) is 42.4 Å². The van der Waals surface area contributed by atoms with Gasteiger partial charge in [0, 0.05) is 61.4 Å². The van der Waals surface area contributed by atoms with E-state index in [9.17, 15) is 5.26 Å². The molecule has 2 saturated heterocycles. The van der Waals surface area contributed by atoms with Gasteiger partial charge in [0.15, 0.2) is 6.19 Å². The fourth-order valence-electron chi connectivity index (χ4n) is 5.42. The Labute approximate surface area is 214 Å². The van der Waals surface area contributed by atoms with Gasteiger partial charge in [-0.3, -0.25) is 14.6 Å². The van der Waals surface area contributed by atoms with Crippen LogP contribution in [0, 0.1) is 29.7 Å². The maximum Gasteiger partial charge on any atom is 0.179 e. The third-order valence-corrected chi connectivity index (χ3v) is 7.52. The van der Waals surface area contributed by atoms with Crippen molar-refractivity contribution >= 4 is 5.52 Å². The number of nitrogens with zero attached hydrogens (tertiary/aromatic N) is 9. The molecule has 0 aliphatic carbocycles. The first-order chi connectivity index (χ1) is 18.1. The van der Waals surface area contributed by atoms with Gasteiger partial charge in [-0.15, -0.1) is 0 Å². The van der Waals surface area contributed by atoms with E-state index in [1.807, 2.05) is 48.5 Å². The second kappa shape index (κ2) is 9.23. The van der Waals surface area contributed by atoms with E-state index in [2.05, 4.69) is 38.9 Å². The van der Waals surface area contributed by atoms with E-state index in [0.717, 1.165) is 55.1 Å². The molecule has 4 aromatic heterocycles. The number of likely N-dealkylation sites (tertiary alicyclic amines) is 2. The van der Waals surface area contributed by atoms with Crippen molar-refractivity contribution in [1.29, 1.82) is 10.5 Å². The third kappa shape index (κ3) is 4.05. The Kier molecular flexibility index (Phi) is 5.74. The molecular formula is C27H27N9O. The Morgan fingerprint density at radius 3 is 2.70 bits per heavy atom. The van der Waals surface area contributed by atoms with Crippen molar-refractivity contribution in [3.8, 4) is 29.1 Å². The first-order valence-corrected chi connectivity index (χ1v) is 12.5. The van der Waals surface area contributed by atoms with Crippen molar-refractivity contribution in [2.24, 2.45) is 0 Å². The summed E-state index contributed by atoms with van der Waals surface area (Å²) in [5.41, 5.74) is 4.90. The zero-order chi connectivity index (χ0) is 25.5. The third-order valence-electron chi connectivity index (χ3n) is 7.52.